The maximum atomic E-state index is 13.6. The van der Waals surface area contributed by atoms with Crippen LogP contribution in [0.2, 0.25) is 0 Å². The Bertz CT molecular complexity index is 1230. The molecule has 0 aliphatic carbocycles. The summed E-state index contributed by atoms with van der Waals surface area (Å²) in [4.78, 5) is 30.5. The number of benzene rings is 2. The first-order valence-electron chi connectivity index (χ1n) is 11.8. The Balaban J connectivity index is 2.29. The average Bonchev–Trinajstić information content (AvgIpc) is 3.16. The molecule has 0 spiro atoms. The second-order valence-electron chi connectivity index (χ2n) is 10.5. The number of ether oxygens (including phenoxy) is 4. The summed E-state index contributed by atoms with van der Waals surface area (Å²) in [5.41, 5.74) is 1.36. The zero-order valence-corrected chi connectivity index (χ0v) is 22.3. The minimum absolute atomic E-state index is 0.123. The summed E-state index contributed by atoms with van der Waals surface area (Å²) in [6.45, 7) is 10.7. The normalized spacial score (nSPS) is 11.7. The third-order valence-corrected chi connectivity index (χ3v) is 5.18. The highest BCUT2D eigenvalue weighted by atomic mass is 16.6. The molecule has 0 saturated carbocycles. The highest BCUT2D eigenvalue weighted by Crippen LogP contribution is 2.37. The fraction of sp³-hybridized carbons (Fsp3) is 0.379. The predicted octanol–water partition coefficient (Wildman–Crippen LogP) is 6.20. The van der Waals surface area contributed by atoms with Gasteiger partial charge in [-0.05, 0) is 65.3 Å². The Morgan fingerprint density at radius 1 is 0.750 bits per heavy atom. The molecule has 7 heteroatoms. The van der Waals surface area contributed by atoms with Crippen LogP contribution in [0.4, 0.5) is 0 Å². The van der Waals surface area contributed by atoms with Gasteiger partial charge >= 0.3 is 11.9 Å². The zero-order chi connectivity index (χ0) is 26.7. The molecule has 1 aromatic heterocycles. The van der Waals surface area contributed by atoms with Crippen LogP contribution >= 0.6 is 0 Å². The first-order chi connectivity index (χ1) is 16.8. The monoisotopic (exact) mass is 493 g/mol. The first-order valence-corrected chi connectivity index (χ1v) is 11.8. The Morgan fingerprint density at radius 3 is 1.83 bits per heavy atom. The van der Waals surface area contributed by atoms with Crippen molar-refractivity contribution in [2.24, 2.45) is 0 Å². The van der Waals surface area contributed by atoms with E-state index in [2.05, 4.69) is 4.98 Å². The molecule has 1 N–H and O–H groups in total. The fourth-order valence-corrected chi connectivity index (χ4v) is 3.78. The van der Waals surface area contributed by atoms with Gasteiger partial charge < -0.3 is 23.9 Å². The Morgan fingerprint density at radius 2 is 1.31 bits per heavy atom. The number of aromatic nitrogens is 1. The molecule has 2 aromatic carbocycles. The number of carbonyl (C=O) groups is 2. The maximum Gasteiger partial charge on any atom is 0.341 e. The summed E-state index contributed by atoms with van der Waals surface area (Å²) in [6, 6.07) is 15.0. The van der Waals surface area contributed by atoms with Gasteiger partial charge in [0.15, 0.2) is 11.5 Å². The molecule has 0 fully saturated rings. The van der Waals surface area contributed by atoms with E-state index in [0.717, 1.165) is 5.56 Å². The van der Waals surface area contributed by atoms with Gasteiger partial charge in [0.05, 0.1) is 31.0 Å². The number of H-pyrrole nitrogens is 1. The molecule has 0 bridgehead atoms. The van der Waals surface area contributed by atoms with Crippen molar-refractivity contribution in [2.75, 3.05) is 14.2 Å². The van der Waals surface area contributed by atoms with Crippen molar-refractivity contribution in [1.82, 2.24) is 4.98 Å². The molecule has 0 saturated heterocycles. The lowest BCUT2D eigenvalue weighted by atomic mass is 10.0. The van der Waals surface area contributed by atoms with Crippen LogP contribution in [0.3, 0.4) is 0 Å². The number of nitrogens with one attached hydrogen (secondary N) is 1. The molecule has 36 heavy (non-hydrogen) atoms. The highest BCUT2D eigenvalue weighted by molar-refractivity contribution is 6.09. The number of rotatable bonds is 7. The van der Waals surface area contributed by atoms with Gasteiger partial charge in [-0.3, -0.25) is 0 Å². The molecule has 0 aliphatic rings. The molecular formula is C29H35NO6. The number of carbonyl (C=O) groups excluding carboxylic acids is 2. The Kier molecular flexibility index (Phi) is 7.82. The third-order valence-electron chi connectivity index (χ3n) is 5.18. The molecular weight excluding hydrogens is 458 g/mol. The van der Waals surface area contributed by atoms with Crippen molar-refractivity contribution in [3.05, 3.63) is 70.9 Å². The van der Waals surface area contributed by atoms with Crippen molar-refractivity contribution >= 4 is 11.9 Å². The van der Waals surface area contributed by atoms with Crippen LogP contribution < -0.4 is 9.47 Å². The van der Waals surface area contributed by atoms with Crippen LogP contribution in [-0.4, -0.2) is 42.3 Å². The largest absolute Gasteiger partial charge is 0.493 e. The third kappa shape index (κ3) is 6.47. The van der Waals surface area contributed by atoms with E-state index in [1.54, 1.807) is 66.9 Å². The van der Waals surface area contributed by atoms with Gasteiger partial charge in [-0.15, -0.1) is 0 Å². The molecule has 0 unspecified atom stereocenters. The van der Waals surface area contributed by atoms with Gasteiger partial charge in [-0.2, -0.15) is 0 Å². The van der Waals surface area contributed by atoms with E-state index in [4.69, 9.17) is 18.9 Å². The average molecular weight is 494 g/mol. The maximum absolute atomic E-state index is 13.6. The van der Waals surface area contributed by atoms with Crippen LogP contribution in [-0.2, 0) is 15.9 Å². The van der Waals surface area contributed by atoms with E-state index in [1.807, 2.05) is 30.3 Å². The van der Waals surface area contributed by atoms with E-state index in [1.165, 1.54) is 7.11 Å². The van der Waals surface area contributed by atoms with Crippen LogP contribution in [0.5, 0.6) is 11.5 Å². The van der Waals surface area contributed by atoms with Crippen LogP contribution in [0.1, 0.15) is 73.5 Å². The minimum atomic E-state index is -0.770. The van der Waals surface area contributed by atoms with Crippen LogP contribution in [0, 0.1) is 0 Å². The second kappa shape index (κ2) is 10.5. The molecule has 0 amide bonds. The summed E-state index contributed by atoms with van der Waals surface area (Å²) in [5, 5.41) is 0. The smallest absolute Gasteiger partial charge is 0.341 e. The minimum Gasteiger partial charge on any atom is -0.493 e. The Hall–Kier alpha value is -3.74. The summed E-state index contributed by atoms with van der Waals surface area (Å²) in [6.07, 6.45) is 0.387. The SMILES string of the molecule is COc1ccc(-c2[nH]c(Cc3ccccc3)c(C(=O)OC(C)(C)C)c2C(=O)OC(C)(C)C)cc1OC. The fourth-order valence-electron chi connectivity index (χ4n) is 3.78. The zero-order valence-electron chi connectivity index (χ0n) is 22.3. The molecule has 192 valence electrons. The van der Waals surface area contributed by atoms with Gasteiger partial charge in [-0.25, -0.2) is 9.59 Å². The predicted molar refractivity (Wildman–Crippen MR) is 139 cm³/mol. The van der Waals surface area contributed by atoms with Gasteiger partial charge in [-0.1, -0.05) is 30.3 Å². The van der Waals surface area contributed by atoms with Gasteiger partial charge in [0.25, 0.3) is 0 Å². The van der Waals surface area contributed by atoms with Crippen molar-refractivity contribution in [1.29, 1.82) is 0 Å². The lowest BCUT2D eigenvalue weighted by Crippen LogP contribution is -2.28. The Labute approximate surface area is 212 Å². The summed E-state index contributed by atoms with van der Waals surface area (Å²) in [7, 11) is 3.09. The van der Waals surface area contributed by atoms with Crippen molar-refractivity contribution < 1.29 is 28.5 Å². The molecule has 0 radical (unpaired) electrons. The quantitative estimate of drug-likeness (QED) is 0.394. The van der Waals surface area contributed by atoms with Crippen LogP contribution in [0.25, 0.3) is 11.3 Å². The lowest BCUT2D eigenvalue weighted by Gasteiger charge is -2.22. The highest BCUT2D eigenvalue weighted by Gasteiger charge is 2.34. The second-order valence-corrected chi connectivity index (χ2v) is 10.5. The summed E-state index contributed by atoms with van der Waals surface area (Å²) < 4.78 is 22.3. The topological polar surface area (TPSA) is 86.9 Å². The lowest BCUT2D eigenvalue weighted by molar-refractivity contribution is 0.00198. The van der Waals surface area contributed by atoms with Gasteiger partial charge in [0.2, 0.25) is 0 Å². The molecule has 0 atom stereocenters. The van der Waals surface area contributed by atoms with Crippen LogP contribution in [0.15, 0.2) is 48.5 Å². The van der Waals surface area contributed by atoms with Crippen molar-refractivity contribution in [3.63, 3.8) is 0 Å². The molecule has 1 heterocycles. The summed E-state index contributed by atoms with van der Waals surface area (Å²) in [5.74, 6) is -0.187. The molecule has 3 aromatic rings. The van der Waals surface area contributed by atoms with E-state index in [9.17, 15) is 9.59 Å². The van der Waals surface area contributed by atoms with Gasteiger partial charge in [0.1, 0.15) is 11.2 Å². The number of hydrogen-bond donors (Lipinski definition) is 1. The van der Waals surface area contributed by atoms with E-state index < -0.39 is 23.1 Å². The summed E-state index contributed by atoms with van der Waals surface area (Å²) >= 11 is 0. The standard InChI is InChI=1S/C29H35NO6/c1-28(2,3)35-26(31)23-20(16-18-12-10-9-11-13-18)30-25(24(23)27(32)36-29(4,5)6)19-14-15-21(33-7)22(17-19)34-8/h9-15,17,30H,16H2,1-8H3. The van der Waals surface area contributed by atoms with E-state index in [-0.39, 0.29) is 11.1 Å². The van der Waals surface area contributed by atoms with Crippen molar-refractivity contribution in [2.45, 2.75) is 59.2 Å². The number of hydrogen-bond acceptors (Lipinski definition) is 6. The first kappa shape index (κ1) is 26.9. The molecule has 3 rings (SSSR count). The molecule has 0 aliphatic heterocycles. The number of aromatic amines is 1. The van der Waals surface area contributed by atoms with Crippen molar-refractivity contribution in [3.8, 4) is 22.8 Å². The van der Waals surface area contributed by atoms with E-state index in [0.29, 0.717) is 34.9 Å². The number of esters is 2. The van der Waals surface area contributed by atoms with E-state index >= 15 is 0 Å². The van der Waals surface area contributed by atoms with Gasteiger partial charge in [0, 0.05) is 17.7 Å². The number of methoxy groups -OCH3 is 2. The molecule has 7 nitrogen and oxygen atoms in total.